The molecule has 2 heteroatoms. The molecular weight excluding hydrogens is 200 g/mol. The SMILES string of the molecule is C=[C]c1cc(CC(C)C)cc(C(=O)OC)c1. The van der Waals surface area contributed by atoms with Crippen LogP contribution in [-0.4, -0.2) is 13.1 Å². The van der Waals surface area contributed by atoms with Crippen LogP contribution >= 0.6 is 0 Å². The second-order valence-corrected chi connectivity index (χ2v) is 4.18. The van der Waals surface area contributed by atoms with E-state index >= 15 is 0 Å². The number of rotatable bonds is 4. The van der Waals surface area contributed by atoms with E-state index in [9.17, 15) is 4.79 Å². The van der Waals surface area contributed by atoms with E-state index in [4.69, 9.17) is 4.74 Å². The normalized spacial score (nSPS) is 10.2. The summed E-state index contributed by atoms with van der Waals surface area (Å²) < 4.78 is 4.71. The van der Waals surface area contributed by atoms with E-state index in [0.717, 1.165) is 17.5 Å². The van der Waals surface area contributed by atoms with Gasteiger partial charge in [-0.2, -0.15) is 0 Å². The van der Waals surface area contributed by atoms with Gasteiger partial charge < -0.3 is 4.74 Å². The van der Waals surface area contributed by atoms with Gasteiger partial charge in [0.25, 0.3) is 0 Å². The molecule has 1 radical (unpaired) electrons. The Kier molecular flexibility index (Phi) is 4.29. The molecule has 0 bridgehead atoms. The van der Waals surface area contributed by atoms with Crippen molar-refractivity contribution in [2.75, 3.05) is 7.11 Å². The van der Waals surface area contributed by atoms with Crippen LogP contribution in [0.2, 0.25) is 0 Å². The monoisotopic (exact) mass is 217 g/mol. The van der Waals surface area contributed by atoms with Crippen molar-refractivity contribution in [3.63, 3.8) is 0 Å². The molecule has 85 valence electrons. The minimum Gasteiger partial charge on any atom is -0.465 e. The third kappa shape index (κ3) is 3.23. The molecule has 0 saturated heterocycles. The van der Waals surface area contributed by atoms with Crippen LogP contribution in [-0.2, 0) is 11.2 Å². The van der Waals surface area contributed by atoms with Crippen LogP contribution < -0.4 is 0 Å². The highest BCUT2D eigenvalue weighted by Gasteiger charge is 2.08. The van der Waals surface area contributed by atoms with Crippen LogP contribution in [0.5, 0.6) is 0 Å². The van der Waals surface area contributed by atoms with E-state index in [1.165, 1.54) is 7.11 Å². The van der Waals surface area contributed by atoms with E-state index in [1.54, 1.807) is 6.07 Å². The number of benzene rings is 1. The van der Waals surface area contributed by atoms with Crippen molar-refractivity contribution in [2.45, 2.75) is 20.3 Å². The molecule has 0 fully saturated rings. The fourth-order valence-electron chi connectivity index (χ4n) is 1.62. The molecule has 16 heavy (non-hydrogen) atoms. The Balaban J connectivity index is 3.10. The fourth-order valence-corrected chi connectivity index (χ4v) is 1.62. The van der Waals surface area contributed by atoms with Crippen LogP contribution in [0.4, 0.5) is 0 Å². The number of carbonyl (C=O) groups excluding carboxylic acids is 1. The minimum atomic E-state index is -0.317. The van der Waals surface area contributed by atoms with Crippen LogP contribution in [0.25, 0.3) is 0 Å². The van der Waals surface area contributed by atoms with Gasteiger partial charge in [0.2, 0.25) is 0 Å². The standard InChI is InChI=1S/C14H17O2/c1-5-11-7-12(6-10(2)3)9-13(8-11)14(15)16-4/h7-10H,1,6H2,2-4H3. The molecule has 1 aromatic rings. The Morgan fingerprint density at radius 3 is 2.62 bits per heavy atom. The first-order valence-electron chi connectivity index (χ1n) is 5.32. The second kappa shape index (κ2) is 5.50. The summed E-state index contributed by atoms with van der Waals surface area (Å²) in [6.45, 7) is 7.88. The van der Waals surface area contributed by atoms with E-state index in [2.05, 4.69) is 26.5 Å². The Hall–Kier alpha value is -1.57. The van der Waals surface area contributed by atoms with E-state index in [0.29, 0.717) is 11.5 Å². The molecule has 0 aliphatic rings. The quantitative estimate of drug-likeness (QED) is 0.725. The molecule has 0 saturated carbocycles. The predicted molar refractivity (Wildman–Crippen MR) is 64.3 cm³/mol. The van der Waals surface area contributed by atoms with Crippen molar-refractivity contribution >= 4 is 5.97 Å². The molecule has 0 aliphatic heterocycles. The third-order valence-electron chi connectivity index (χ3n) is 2.26. The zero-order valence-corrected chi connectivity index (χ0v) is 10.0. The summed E-state index contributed by atoms with van der Waals surface area (Å²) in [6.07, 6.45) is 3.73. The summed E-state index contributed by atoms with van der Waals surface area (Å²) in [5.74, 6) is 0.229. The number of hydrogen-bond acceptors (Lipinski definition) is 2. The highest BCUT2D eigenvalue weighted by molar-refractivity contribution is 5.89. The van der Waals surface area contributed by atoms with Crippen LogP contribution in [0, 0.1) is 12.0 Å². The van der Waals surface area contributed by atoms with Gasteiger partial charge in [0.1, 0.15) is 0 Å². The van der Waals surface area contributed by atoms with E-state index in [-0.39, 0.29) is 5.97 Å². The number of esters is 1. The molecule has 1 aromatic carbocycles. The number of hydrogen-bond donors (Lipinski definition) is 0. The van der Waals surface area contributed by atoms with Gasteiger partial charge in [-0.15, -0.1) is 0 Å². The molecule has 1 rings (SSSR count). The van der Waals surface area contributed by atoms with Gasteiger partial charge in [0.15, 0.2) is 0 Å². The average Bonchev–Trinajstić information content (AvgIpc) is 2.26. The van der Waals surface area contributed by atoms with Gasteiger partial charge in [-0.25, -0.2) is 4.79 Å². The smallest absolute Gasteiger partial charge is 0.337 e. The molecule has 0 amide bonds. The Morgan fingerprint density at radius 2 is 2.12 bits per heavy atom. The third-order valence-corrected chi connectivity index (χ3v) is 2.26. The van der Waals surface area contributed by atoms with Crippen molar-refractivity contribution in [1.29, 1.82) is 0 Å². The van der Waals surface area contributed by atoms with E-state index in [1.807, 2.05) is 12.1 Å². The average molecular weight is 217 g/mol. The Morgan fingerprint density at radius 1 is 1.44 bits per heavy atom. The Labute approximate surface area is 96.9 Å². The fraction of sp³-hybridized carbons (Fsp3) is 0.357. The first-order valence-corrected chi connectivity index (χ1v) is 5.32. The lowest BCUT2D eigenvalue weighted by Crippen LogP contribution is -2.04. The summed E-state index contributed by atoms with van der Waals surface area (Å²) in [4.78, 5) is 11.4. The first-order chi connectivity index (χ1) is 7.56. The molecule has 0 unspecified atom stereocenters. The molecule has 0 aliphatic carbocycles. The maximum Gasteiger partial charge on any atom is 0.337 e. The number of methoxy groups -OCH3 is 1. The van der Waals surface area contributed by atoms with Gasteiger partial charge in [-0.3, -0.25) is 0 Å². The van der Waals surface area contributed by atoms with Gasteiger partial charge >= 0.3 is 5.97 Å². The van der Waals surface area contributed by atoms with Gasteiger partial charge in [-0.05, 0) is 41.7 Å². The maximum atomic E-state index is 11.4. The minimum absolute atomic E-state index is 0.317. The lowest BCUT2D eigenvalue weighted by Gasteiger charge is -2.08. The number of carbonyl (C=O) groups is 1. The summed E-state index contributed by atoms with van der Waals surface area (Å²) in [5, 5.41) is 0. The summed E-state index contributed by atoms with van der Waals surface area (Å²) in [6, 6.07) is 5.61. The Bertz CT molecular complexity index is 392. The van der Waals surface area contributed by atoms with Gasteiger partial charge in [-0.1, -0.05) is 26.5 Å². The predicted octanol–water partition coefficient (Wildman–Crippen LogP) is 3.01. The van der Waals surface area contributed by atoms with Crippen molar-refractivity contribution in [3.05, 3.63) is 47.5 Å². The van der Waals surface area contributed by atoms with Crippen molar-refractivity contribution in [1.82, 2.24) is 0 Å². The summed E-state index contributed by atoms with van der Waals surface area (Å²) in [5.41, 5.74) is 2.51. The molecule has 0 heterocycles. The highest BCUT2D eigenvalue weighted by atomic mass is 16.5. The zero-order chi connectivity index (χ0) is 12.1. The van der Waals surface area contributed by atoms with Crippen molar-refractivity contribution < 1.29 is 9.53 Å². The van der Waals surface area contributed by atoms with Crippen LogP contribution in [0.1, 0.15) is 35.3 Å². The molecule has 0 N–H and O–H groups in total. The van der Waals surface area contributed by atoms with E-state index < -0.39 is 0 Å². The highest BCUT2D eigenvalue weighted by Crippen LogP contribution is 2.15. The molecule has 2 nitrogen and oxygen atoms in total. The van der Waals surface area contributed by atoms with Crippen molar-refractivity contribution in [2.24, 2.45) is 5.92 Å². The lowest BCUT2D eigenvalue weighted by molar-refractivity contribution is 0.0600. The van der Waals surface area contributed by atoms with Crippen molar-refractivity contribution in [3.8, 4) is 0 Å². The second-order valence-electron chi connectivity index (χ2n) is 4.18. The van der Waals surface area contributed by atoms with Gasteiger partial charge in [0.05, 0.1) is 12.7 Å². The lowest BCUT2D eigenvalue weighted by atomic mass is 9.98. The zero-order valence-electron chi connectivity index (χ0n) is 10.0. The van der Waals surface area contributed by atoms with Crippen LogP contribution in [0.15, 0.2) is 24.8 Å². The number of ether oxygens (including phenoxy) is 1. The molecular formula is C14H17O2. The molecule has 0 spiro atoms. The maximum absolute atomic E-state index is 11.4. The molecule has 0 atom stereocenters. The molecule has 0 aromatic heterocycles. The van der Waals surface area contributed by atoms with Gasteiger partial charge in [0, 0.05) is 0 Å². The topological polar surface area (TPSA) is 26.3 Å². The largest absolute Gasteiger partial charge is 0.465 e. The first kappa shape index (κ1) is 12.5. The van der Waals surface area contributed by atoms with Crippen LogP contribution in [0.3, 0.4) is 0 Å². The summed E-state index contributed by atoms with van der Waals surface area (Å²) in [7, 11) is 1.38. The summed E-state index contributed by atoms with van der Waals surface area (Å²) >= 11 is 0.